The third-order valence-corrected chi connectivity index (χ3v) is 4.24. The normalized spacial score (nSPS) is 19.8. The molecule has 94 valence electrons. The van der Waals surface area contributed by atoms with Crippen LogP contribution in [0.4, 0.5) is 0 Å². The number of carbonyl (C=O) groups excluding carboxylic acids is 1. The molecule has 1 heterocycles. The Labute approximate surface area is 103 Å². The Hall–Kier alpha value is -0.220. The van der Waals surface area contributed by atoms with Gasteiger partial charge in [-0.3, -0.25) is 4.79 Å². The van der Waals surface area contributed by atoms with E-state index >= 15 is 0 Å². The zero-order valence-electron chi connectivity index (χ0n) is 10.9. The second-order valence-corrected chi connectivity index (χ2v) is 7.71. The first-order chi connectivity index (χ1) is 7.14. The van der Waals surface area contributed by atoms with Gasteiger partial charge in [0.15, 0.2) is 0 Å². The average molecular weight is 245 g/mol. The number of rotatable bonds is 3. The number of hydrogen-bond donors (Lipinski definition) is 1. The van der Waals surface area contributed by atoms with Gasteiger partial charge in [-0.1, -0.05) is 34.6 Å². The van der Waals surface area contributed by atoms with Crippen LogP contribution in [0, 0.1) is 5.92 Å². The molecule has 0 unspecified atom stereocenters. The Morgan fingerprint density at radius 1 is 1.44 bits per heavy atom. The largest absolute Gasteiger partial charge is 0.386 e. The predicted molar refractivity (Wildman–Crippen MR) is 68.6 cm³/mol. The van der Waals surface area contributed by atoms with E-state index in [2.05, 4.69) is 20.8 Å². The zero-order valence-corrected chi connectivity index (χ0v) is 11.7. The minimum Gasteiger partial charge on any atom is -0.386 e. The molecule has 4 heteroatoms. The molecule has 1 fully saturated rings. The fraction of sp³-hybridized carbons (Fsp3) is 0.917. The van der Waals surface area contributed by atoms with E-state index in [1.54, 1.807) is 16.7 Å². The van der Waals surface area contributed by atoms with Gasteiger partial charge >= 0.3 is 0 Å². The fourth-order valence-corrected chi connectivity index (χ4v) is 2.26. The second-order valence-electron chi connectivity index (χ2n) is 5.91. The highest BCUT2D eigenvalue weighted by Crippen LogP contribution is 2.30. The monoisotopic (exact) mass is 245 g/mol. The van der Waals surface area contributed by atoms with E-state index in [4.69, 9.17) is 0 Å². The van der Waals surface area contributed by atoms with Crippen molar-refractivity contribution in [1.82, 2.24) is 4.90 Å². The van der Waals surface area contributed by atoms with Crippen molar-refractivity contribution in [3.05, 3.63) is 0 Å². The lowest BCUT2D eigenvalue weighted by atomic mass is 9.83. The molecule has 1 amide bonds. The summed E-state index contributed by atoms with van der Waals surface area (Å²) in [7, 11) is 0. The molecule has 0 aromatic carbocycles. The van der Waals surface area contributed by atoms with Gasteiger partial charge < -0.3 is 10.0 Å². The summed E-state index contributed by atoms with van der Waals surface area (Å²) in [6.07, 6.45) is 0. The molecule has 0 aromatic rings. The number of likely N-dealkylation sites (tertiary alicyclic amines) is 1. The van der Waals surface area contributed by atoms with Crippen LogP contribution in [0.15, 0.2) is 0 Å². The first-order valence-corrected chi connectivity index (χ1v) is 6.77. The lowest BCUT2D eigenvalue weighted by molar-refractivity contribution is -0.161. The molecule has 0 spiro atoms. The molecule has 1 rings (SSSR count). The van der Waals surface area contributed by atoms with Gasteiger partial charge in [-0.05, 0) is 5.92 Å². The molecule has 0 saturated carbocycles. The highest BCUT2D eigenvalue weighted by Gasteiger charge is 2.45. The Balaban J connectivity index is 2.33. The summed E-state index contributed by atoms with van der Waals surface area (Å²) in [5, 5.41) is 10.0. The van der Waals surface area contributed by atoms with E-state index in [0.29, 0.717) is 18.8 Å². The summed E-state index contributed by atoms with van der Waals surface area (Å²) in [5.74, 6) is 0.870. The quantitative estimate of drug-likeness (QED) is 0.823. The van der Waals surface area contributed by atoms with E-state index in [0.717, 1.165) is 0 Å². The number of nitrogens with zero attached hydrogens (tertiary/aromatic N) is 1. The van der Waals surface area contributed by atoms with Crippen molar-refractivity contribution in [2.45, 2.75) is 45.0 Å². The van der Waals surface area contributed by atoms with Crippen molar-refractivity contribution in [2.24, 2.45) is 5.92 Å². The van der Waals surface area contributed by atoms with E-state index in [-0.39, 0.29) is 16.6 Å². The van der Waals surface area contributed by atoms with Crippen LogP contribution in [0.1, 0.15) is 34.6 Å². The summed E-state index contributed by atoms with van der Waals surface area (Å²) >= 11 is 1.65. The molecule has 3 nitrogen and oxygen atoms in total. The summed E-state index contributed by atoms with van der Waals surface area (Å²) in [6, 6.07) is 0. The Kier molecular flexibility index (Phi) is 3.95. The number of thioether (sulfide) groups is 1. The van der Waals surface area contributed by atoms with Gasteiger partial charge in [-0.2, -0.15) is 0 Å². The highest BCUT2D eigenvalue weighted by atomic mass is 32.2. The minimum absolute atomic E-state index is 0.120. The van der Waals surface area contributed by atoms with Crippen LogP contribution >= 0.6 is 11.8 Å². The third-order valence-electron chi connectivity index (χ3n) is 2.99. The van der Waals surface area contributed by atoms with Crippen molar-refractivity contribution < 1.29 is 9.90 Å². The van der Waals surface area contributed by atoms with E-state index in [1.807, 2.05) is 13.8 Å². The summed E-state index contributed by atoms with van der Waals surface area (Å²) in [6.45, 7) is 11.3. The second kappa shape index (κ2) is 4.57. The van der Waals surface area contributed by atoms with E-state index in [9.17, 15) is 9.90 Å². The van der Waals surface area contributed by atoms with Crippen LogP contribution in [0.5, 0.6) is 0 Å². The van der Waals surface area contributed by atoms with Crippen LogP contribution in [-0.4, -0.2) is 45.1 Å². The highest BCUT2D eigenvalue weighted by molar-refractivity contribution is 8.01. The molecule has 0 bridgehead atoms. The van der Waals surface area contributed by atoms with Crippen LogP contribution in [0.3, 0.4) is 0 Å². The predicted octanol–water partition coefficient (Wildman–Crippen LogP) is 1.75. The minimum atomic E-state index is -0.651. The molecule has 1 saturated heterocycles. The van der Waals surface area contributed by atoms with Gasteiger partial charge in [-0.15, -0.1) is 11.8 Å². The molecule has 16 heavy (non-hydrogen) atoms. The number of hydrogen-bond acceptors (Lipinski definition) is 3. The number of amides is 1. The Bertz CT molecular complexity index is 265. The number of aliphatic hydroxyl groups is 1. The van der Waals surface area contributed by atoms with Crippen LogP contribution in [0.2, 0.25) is 0 Å². The molecule has 1 aliphatic rings. The Morgan fingerprint density at radius 2 is 1.94 bits per heavy atom. The number of β-amino-alcohol motifs (C(OH)–C–C–N with tert-alkyl or cyclic N) is 1. The lowest BCUT2D eigenvalue weighted by Gasteiger charge is -2.49. The molecule has 1 N–H and O–H groups in total. The number of carbonyl (C=O) groups is 1. The molecular weight excluding hydrogens is 222 g/mol. The SMILES string of the molecule is CC(C)C1(O)CN(C(=O)CSC(C)(C)C)C1. The summed E-state index contributed by atoms with van der Waals surface area (Å²) in [4.78, 5) is 13.5. The maximum absolute atomic E-state index is 11.8. The van der Waals surface area contributed by atoms with Gasteiger partial charge in [0, 0.05) is 4.75 Å². The fourth-order valence-electron chi connectivity index (χ4n) is 1.53. The maximum Gasteiger partial charge on any atom is 0.232 e. The van der Waals surface area contributed by atoms with Gasteiger partial charge in [0.25, 0.3) is 0 Å². The summed E-state index contributed by atoms with van der Waals surface area (Å²) in [5.41, 5.74) is -0.651. The van der Waals surface area contributed by atoms with Gasteiger partial charge in [-0.25, -0.2) is 0 Å². The van der Waals surface area contributed by atoms with Crippen molar-refractivity contribution in [3.8, 4) is 0 Å². The van der Waals surface area contributed by atoms with Crippen LogP contribution < -0.4 is 0 Å². The van der Waals surface area contributed by atoms with Crippen molar-refractivity contribution in [2.75, 3.05) is 18.8 Å². The molecule has 0 radical (unpaired) electrons. The topological polar surface area (TPSA) is 40.5 Å². The van der Waals surface area contributed by atoms with Gasteiger partial charge in [0.2, 0.25) is 5.91 Å². The van der Waals surface area contributed by atoms with Crippen LogP contribution in [0.25, 0.3) is 0 Å². The molecular formula is C12H23NO2S. The first-order valence-electron chi connectivity index (χ1n) is 5.78. The average Bonchev–Trinajstić information content (AvgIpc) is 2.07. The van der Waals surface area contributed by atoms with Crippen molar-refractivity contribution in [3.63, 3.8) is 0 Å². The molecule has 1 aliphatic heterocycles. The zero-order chi connectivity index (χ0) is 12.6. The molecule has 0 atom stereocenters. The Morgan fingerprint density at radius 3 is 2.31 bits per heavy atom. The molecule has 0 aliphatic carbocycles. The standard InChI is InChI=1S/C12H23NO2S/c1-9(2)12(15)7-13(8-12)10(14)6-16-11(3,4)5/h9,15H,6-8H2,1-5H3. The van der Waals surface area contributed by atoms with Gasteiger partial charge in [0.1, 0.15) is 5.60 Å². The van der Waals surface area contributed by atoms with Crippen molar-refractivity contribution >= 4 is 17.7 Å². The maximum atomic E-state index is 11.8. The smallest absolute Gasteiger partial charge is 0.232 e. The lowest BCUT2D eigenvalue weighted by Crippen LogP contribution is -2.66. The summed E-state index contributed by atoms with van der Waals surface area (Å²) < 4.78 is 0.120. The first kappa shape index (κ1) is 13.8. The van der Waals surface area contributed by atoms with Crippen LogP contribution in [-0.2, 0) is 4.79 Å². The van der Waals surface area contributed by atoms with E-state index in [1.165, 1.54) is 0 Å². The third kappa shape index (κ3) is 3.39. The van der Waals surface area contributed by atoms with Gasteiger partial charge in [0.05, 0.1) is 18.8 Å². The molecule has 0 aromatic heterocycles. The van der Waals surface area contributed by atoms with E-state index < -0.39 is 5.60 Å². The van der Waals surface area contributed by atoms with Crippen molar-refractivity contribution in [1.29, 1.82) is 0 Å².